The average Bonchev–Trinajstić information content (AvgIpc) is 2.09. The summed E-state index contributed by atoms with van der Waals surface area (Å²) in [6.07, 6.45) is 0.907. The van der Waals surface area contributed by atoms with Gasteiger partial charge in [0, 0.05) is 6.08 Å². The van der Waals surface area contributed by atoms with E-state index in [1.807, 2.05) is 0 Å². The lowest BCUT2D eigenvalue weighted by Crippen LogP contribution is -2.43. The van der Waals surface area contributed by atoms with E-state index in [-0.39, 0.29) is 0 Å². The van der Waals surface area contributed by atoms with Gasteiger partial charge in [0.05, 0.1) is 15.9 Å². The number of alkyl halides is 1. The van der Waals surface area contributed by atoms with Gasteiger partial charge in [-0.3, -0.25) is 20.2 Å². The summed E-state index contributed by atoms with van der Waals surface area (Å²) in [5.74, 6) is 0. The number of nitro groups is 2. The van der Waals surface area contributed by atoms with E-state index in [1.165, 1.54) is 0 Å². The van der Waals surface area contributed by atoms with Crippen LogP contribution in [-0.2, 0) is 0 Å². The van der Waals surface area contributed by atoms with Crippen LogP contribution in [0.25, 0.3) is 0 Å². The van der Waals surface area contributed by atoms with E-state index in [0.29, 0.717) is 6.08 Å². The first-order valence-corrected chi connectivity index (χ1v) is 3.82. The summed E-state index contributed by atoms with van der Waals surface area (Å²) in [5.41, 5.74) is -0.512. The molecule has 0 aliphatic heterocycles. The molecule has 0 saturated carbocycles. The maximum atomic E-state index is 10.5. The summed E-state index contributed by atoms with van der Waals surface area (Å²) >= 11 is 5.42. The summed E-state index contributed by atoms with van der Waals surface area (Å²) in [6.45, 7) is 0. The van der Waals surface area contributed by atoms with Crippen molar-refractivity contribution in [2.45, 2.75) is 11.1 Å². The van der Waals surface area contributed by atoms with Gasteiger partial charge in [-0.2, -0.15) is 0 Å². The molecule has 0 amide bonds. The molecule has 0 saturated heterocycles. The molecule has 0 radical (unpaired) electrons. The van der Waals surface area contributed by atoms with Crippen LogP contribution in [0.1, 0.15) is 0 Å². The fourth-order valence-electron chi connectivity index (χ4n) is 0.940. The second-order valence-corrected chi connectivity index (χ2v) is 3.22. The number of hydrogen-bond acceptors (Lipinski definition) is 5. The Labute approximate surface area is 82.6 Å². The zero-order valence-corrected chi connectivity index (χ0v) is 7.42. The highest BCUT2D eigenvalue weighted by molar-refractivity contribution is 6.24. The minimum atomic E-state index is -2.35. The molecule has 0 bridgehead atoms. The van der Waals surface area contributed by atoms with Crippen LogP contribution in [0.3, 0.4) is 0 Å². The van der Waals surface area contributed by atoms with Gasteiger partial charge in [-0.15, -0.1) is 0 Å². The van der Waals surface area contributed by atoms with E-state index in [1.54, 1.807) is 0 Å². The molecule has 8 heteroatoms. The Bertz CT molecular complexity index is 352. The quantitative estimate of drug-likeness (QED) is 0.311. The van der Waals surface area contributed by atoms with Crippen LogP contribution in [0.4, 0.5) is 0 Å². The van der Waals surface area contributed by atoms with Gasteiger partial charge >= 0.3 is 5.00 Å². The number of rotatable bonds is 2. The molecular formula is C6H5ClN2O5. The second kappa shape index (κ2) is 3.35. The van der Waals surface area contributed by atoms with Gasteiger partial charge in [-0.05, 0) is 17.7 Å². The van der Waals surface area contributed by atoms with Crippen LogP contribution in [0, 0.1) is 20.2 Å². The van der Waals surface area contributed by atoms with Gasteiger partial charge in [0.2, 0.25) is 0 Å². The van der Waals surface area contributed by atoms with Crippen molar-refractivity contribution in [2.24, 2.45) is 0 Å². The highest BCUT2D eigenvalue weighted by atomic mass is 35.5. The van der Waals surface area contributed by atoms with Crippen molar-refractivity contribution in [1.29, 1.82) is 0 Å². The summed E-state index contributed by atoms with van der Waals surface area (Å²) in [4.78, 5) is 16.6. The third-order valence-electron chi connectivity index (χ3n) is 1.71. The van der Waals surface area contributed by atoms with Crippen LogP contribution in [-0.4, -0.2) is 26.1 Å². The minimum Gasteiger partial charge on any atom is -0.380 e. The van der Waals surface area contributed by atoms with Gasteiger partial charge in [-0.1, -0.05) is 0 Å². The van der Waals surface area contributed by atoms with Crippen molar-refractivity contribution in [3.63, 3.8) is 0 Å². The van der Waals surface area contributed by atoms with Crippen molar-refractivity contribution in [3.8, 4) is 0 Å². The number of aliphatic hydroxyl groups is 1. The fourth-order valence-corrected chi connectivity index (χ4v) is 1.12. The van der Waals surface area contributed by atoms with Gasteiger partial charge in [0.25, 0.3) is 5.70 Å². The van der Waals surface area contributed by atoms with Crippen LogP contribution in [0.2, 0.25) is 0 Å². The van der Waals surface area contributed by atoms with Gasteiger partial charge in [0.1, 0.15) is 0 Å². The molecular weight excluding hydrogens is 216 g/mol. The largest absolute Gasteiger partial charge is 0.380 e. The van der Waals surface area contributed by atoms with Crippen molar-refractivity contribution >= 4 is 11.6 Å². The molecule has 1 rings (SSSR count). The average molecular weight is 221 g/mol. The smallest absolute Gasteiger partial charge is 0.349 e. The van der Waals surface area contributed by atoms with Crippen molar-refractivity contribution in [2.75, 3.05) is 0 Å². The molecule has 7 nitrogen and oxygen atoms in total. The van der Waals surface area contributed by atoms with E-state index in [4.69, 9.17) is 11.6 Å². The third kappa shape index (κ3) is 1.59. The third-order valence-corrected chi connectivity index (χ3v) is 2.18. The van der Waals surface area contributed by atoms with E-state index in [0.717, 1.165) is 12.2 Å². The summed E-state index contributed by atoms with van der Waals surface area (Å²) in [7, 11) is 0. The predicted octanol–water partition coefficient (Wildman–Crippen LogP) is 0.289. The van der Waals surface area contributed by atoms with Crippen molar-refractivity contribution in [1.82, 2.24) is 0 Å². The molecule has 2 atom stereocenters. The van der Waals surface area contributed by atoms with Gasteiger partial charge < -0.3 is 5.11 Å². The maximum Gasteiger partial charge on any atom is 0.349 e. The molecule has 1 aliphatic rings. The van der Waals surface area contributed by atoms with Crippen LogP contribution in [0.5, 0.6) is 0 Å². The summed E-state index contributed by atoms with van der Waals surface area (Å²) < 4.78 is 0. The first-order chi connectivity index (χ1) is 6.38. The first-order valence-electron chi connectivity index (χ1n) is 3.45. The Morgan fingerprint density at radius 3 is 2.50 bits per heavy atom. The molecule has 2 unspecified atom stereocenters. The van der Waals surface area contributed by atoms with E-state index < -0.39 is 26.6 Å². The number of nitrogens with zero attached hydrogens (tertiary/aromatic N) is 2. The fraction of sp³-hybridized carbons (Fsp3) is 0.333. The lowest BCUT2D eigenvalue weighted by atomic mass is 10.0. The lowest BCUT2D eigenvalue weighted by Gasteiger charge is -2.19. The van der Waals surface area contributed by atoms with E-state index in [9.17, 15) is 25.3 Å². The monoisotopic (exact) mass is 220 g/mol. The standard InChI is InChI=1S/C6H5ClN2O5/c7-6(9(13)14)3-4(8(11)12)1-2-5(6)10/h1-3,5,10H. The predicted molar refractivity (Wildman–Crippen MR) is 45.8 cm³/mol. The highest BCUT2D eigenvalue weighted by Gasteiger charge is 2.49. The minimum absolute atomic E-state index is 0.512. The Hall–Kier alpha value is -1.47. The molecule has 0 aromatic heterocycles. The highest BCUT2D eigenvalue weighted by Crippen LogP contribution is 2.29. The van der Waals surface area contributed by atoms with Crippen molar-refractivity contribution < 1.29 is 15.0 Å². The zero-order valence-electron chi connectivity index (χ0n) is 6.66. The number of aliphatic hydroxyl groups excluding tert-OH is 1. The zero-order chi connectivity index (χ0) is 10.9. The van der Waals surface area contributed by atoms with Gasteiger partial charge in [0.15, 0.2) is 6.10 Å². The summed E-state index contributed by atoms with van der Waals surface area (Å²) in [5, 5.41) is 29.9. The Kier molecular flexibility index (Phi) is 2.54. The SMILES string of the molecule is O=[N+]([O-])C1=CC(Cl)([N+](=O)[O-])C(O)C=C1. The molecule has 76 valence electrons. The number of halogens is 1. The Morgan fingerprint density at radius 2 is 2.07 bits per heavy atom. The molecule has 14 heavy (non-hydrogen) atoms. The Morgan fingerprint density at radius 1 is 1.50 bits per heavy atom. The second-order valence-electron chi connectivity index (χ2n) is 2.61. The van der Waals surface area contributed by atoms with Crippen LogP contribution < -0.4 is 0 Å². The molecule has 1 N–H and O–H groups in total. The number of hydrogen-bond donors (Lipinski definition) is 1. The molecule has 0 heterocycles. The first kappa shape index (κ1) is 10.6. The Balaban J connectivity index is 3.14. The summed E-state index contributed by atoms with van der Waals surface area (Å²) in [6, 6.07) is 0. The van der Waals surface area contributed by atoms with Crippen LogP contribution in [0.15, 0.2) is 23.9 Å². The van der Waals surface area contributed by atoms with Crippen LogP contribution >= 0.6 is 11.6 Å². The normalized spacial score (nSPS) is 31.0. The molecule has 0 aromatic rings. The molecule has 0 aromatic carbocycles. The van der Waals surface area contributed by atoms with Gasteiger partial charge in [-0.25, -0.2) is 0 Å². The number of allylic oxidation sites excluding steroid dienone is 1. The molecule has 0 spiro atoms. The molecule has 0 fully saturated rings. The topological polar surface area (TPSA) is 107 Å². The van der Waals surface area contributed by atoms with Crippen molar-refractivity contribution in [3.05, 3.63) is 44.2 Å². The molecule has 1 aliphatic carbocycles. The maximum absolute atomic E-state index is 10.5. The van der Waals surface area contributed by atoms with E-state index in [2.05, 4.69) is 0 Å². The lowest BCUT2D eigenvalue weighted by molar-refractivity contribution is -0.539. The van der Waals surface area contributed by atoms with E-state index >= 15 is 0 Å².